The zero-order valence-corrected chi connectivity index (χ0v) is 27.6. The maximum Gasteiger partial charge on any atom is 0.498 e. The zero-order valence-electron chi connectivity index (χ0n) is 26.6. The third kappa shape index (κ3) is 6.12. The van der Waals surface area contributed by atoms with Gasteiger partial charge in [0.15, 0.2) is 0 Å². The third-order valence-corrected chi connectivity index (χ3v) is 14.8. The summed E-state index contributed by atoms with van der Waals surface area (Å²) in [4.78, 5) is 12.6. The van der Waals surface area contributed by atoms with Crippen LogP contribution in [0.5, 0.6) is 0 Å². The Labute approximate surface area is 242 Å². The van der Waals surface area contributed by atoms with E-state index in [1.807, 2.05) is 45.9 Å². The topological polar surface area (TPSA) is 56.8 Å². The highest BCUT2D eigenvalue weighted by molar-refractivity contribution is 6.90. The molecule has 5 nitrogen and oxygen atoms in total. The van der Waals surface area contributed by atoms with Crippen molar-refractivity contribution in [2.24, 2.45) is 0 Å². The lowest BCUT2D eigenvalue weighted by molar-refractivity contribution is 0.00578. The lowest BCUT2D eigenvalue weighted by Crippen LogP contribution is -2.43. The fourth-order valence-electron chi connectivity index (χ4n) is 5.86. The number of anilines is 1. The SMILES string of the molecule is CC(C)[Si](C#Cc1cccc2cc(NC(=O)OC(C)(C)C)c(F)c(B3OC(C)(C)C(C)(C)O3)c12)(C(C)C)C(C)C. The van der Waals surface area contributed by atoms with E-state index in [0.717, 1.165) is 10.9 Å². The standard InChI is InChI=1S/C32H47BFNO4Si/c1-20(2)40(21(3)4,22(5)6)18-17-23-15-14-16-24-19-25(35-29(36)37-30(7,8)9)28(34)27(26(23)24)33-38-31(10,11)32(12,13)39-33/h14-16,19-22H,1-13H3,(H,35,36). The number of hydrogen-bond donors (Lipinski definition) is 1. The minimum Gasteiger partial charge on any atom is -0.444 e. The predicted molar refractivity (Wildman–Crippen MR) is 167 cm³/mol. The summed E-state index contributed by atoms with van der Waals surface area (Å²) in [6.45, 7) is 26.7. The molecule has 1 amide bonds. The van der Waals surface area contributed by atoms with Crippen LogP contribution >= 0.6 is 0 Å². The van der Waals surface area contributed by atoms with Crippen LogP contribution in [0, 0.1) is 17.3 Å². The van der Waals surface area contributed by atoms with Gasteiger partial charge in [-0.15, -0.1) is 5.54 Å². The van der Waals surface area contributed by atoms with Crippen LogP contribution in [-0.4, -0.2) is 38.1 Å². The Hall–Kier alpha value is -2.34. The molecule has 0 aliphatic carbocycles. The molecule has 0 bridgehead atoms. The number of halogens is 1. The molecule has 2 aromatic carbocycles. The first-order chi connectivity index (χ1) is 18.2. The Balaban J connectivity index is 2.31. The van der Waals surface area contributed by atoms with Gasteiger partial charge in [0.25, 0.3) is 0 Å². The van der Waals surface area contributed by atoms with Crippen LogP contribution in [0.25, 0.3) is 10.8 Å². The molecule has 0 spiro atoms. The molecule has 1 aliphatic rings. The number of nitrogens with one attached hydrogen (secondary N) is 1. The fourth-order valence-corrected chi connectivity index (χ4v) is 11.1. The lowest BCUT2D eigenvalue weighted by atomic mass is 9.74. The van der Waals surface area contributed by atoms with Crippen LogP contribution in [0.3, 0.4) is 0 Å². The molecule has 218 valence electrons. The van der Waals surface area contributed by atoms with E-state index in [9.17, 15) is 4.79 Å². The molecule has 8 heteroatoms. The van der Waals surface area contributed by atoms with Crippen molar-refractivity contribution in [1.82, 2.24) is 0 Å². The molecule has 0 aromatic heterocycles. The molecule has 1 heterocycles. The van der Waals surface area contributed by atoms with Gasteiger partial charge in [-0.3, -0.25) is 5.32 Å². The number of amides is 1. The molecular weight excluding hydrogens is 520 g/mol. The van der Waals surface area contributed by atoms with Crippen molar-refractivity contribution < 1.29 is 23.2 Å². The zero-order chi connectivity index (χ0) is 30.4. The quantitative estimate of drug-likeness (QED) is 0.292. The van der Waals surface area contributed by atoms with Gasteiger partial charge in [0, 0.05) is 16.4 Å². The van der Waals surface area contributed by atoms with Crippen LogP contribution in [0.4, 0.5) is 14.9 Å². The van der Waals surface area contributed by atoms with Crippen LogP contribution in [0.1, 0.15) is 95.6 Å². The van der Waals surface area contributed by atoms with E-state index in [0.29, 0.717) is 22.0 Å². The third-order valence-electron chi connectivity index (χ3n) is 8.54. The second kappa shape index (κ2) is 11.2. The van der Waals surface area contributed by atoms with Gasteiger partial charge in [0.05, 0.1) is 16.9 Å². The summed E-state index contributed by atoms with van der Waals surface area (Å²) in [6, 6.07) is 7.38. The highest BCUT2D eigenvalue weighted by Crippen LogP contribution is 2.41. The monoisotopic (exact) mass is 567 g/mol. The van der Waals surface area contributed by atoms with Crippen molar-refractivity contribution in [3.05, 3.63) is 35.6 Å². The molecule has 0 atom stereocenters. The van der Waals surface area contributed by atoms with E-state index in [1.165, 1.54) is 0 Å². The Morgan fingerprint density at radius 3 is 2.00 bits per heavy atom. The van der Waals surface area contributed by atoms with Crippen molar-refractivity contribution in [2.75, 3.05) is 5.32 Å². The van der Waals surface area contributed by atoms with Crippen LogP contribution < -0.4 is 10.8 Å². The van der Waals surface area contributed by atoms with Gasteiger partial charge in [0.2, 0.25) is 0 Å². The number of rotatable bonds is 5. The fraction of sp³-hybridized carbons (Fsp3) is 0.594. The highest BCUT2D eigenvalue weighted by Gasteiger charge is 2.53. The molecule has 1 saturated heterocycles. The number of hydrogen-bond acceptors (Lipinski definition) is 4. The number of fused-ring (bicyclic) bond motifs is 1. The molecule has 3 rings (SSSR count). The minimum absolute atomic E-state index is 0.00633. The molecule has 1 fully saturated rings. The van der Waals surface area contributed by atoms with Crippen LogP contribution in [0.2, 0.25) is 16.6 Å². The van der Waals surface area contributed by atoms with Gasteiger partial charge in [0.1, 0.15) is 19.5 Å². The van der Waals surface area contributed by atoms with Gasteiger partial charge >= 0.3 is 13.2 Å². The molecular formula is C32H47BFNO4Si. The van der Waals surface area contributed by atoms with E-state index in [2.05, 4.69) is 58.3 Å². The average molecular weight is 568 g/mol. The molecule has 1 N–H and O–H groups in total. The predicted octanol–water partition coefficient (Wildman–Crippen LogP) is 8.19. The van der Waals surface area contributed by atoms with Gasteiger partial charge in [-0.2, -0.15) is 0 Å². The summed E-state index contributed by atoms with van der Waals surface area (Å²) in [7, 11) is -3.04. The normalized spacial score (nSPS) is 17.0. The Morgan fingerprint density at radius 1 is 1.00 bits per heavy atom. The number of carbonyl (C=O) groups excluding carboxylic acids is 1. The van der Waals surface area contributed by atoms with Crippen molar-refractivity contribution >= 4 is 43.2 Å². The van der Waals surface area contributed by atoms with E-state index < -0.39 is 43.9 Å². The summed E-state index contributed by atoms with van der Waals surface area (Å²) < 4.78 is 34.6. The van der Waals surface area contributed by atoms with Gasteiger partial charge < -0.3 is 14.0 Å². The molecule has 40 heavy (non-hydrogen) atoms. The lowest BCUT2D eigenvalue weighted by Gasteiger charge is -2.38. The van der Waals surface area contributed by atoms with Crippen LogP contribution in [-0.2, 0) is 14.0 Å². The van der Waals surface area contributed by atoms with Gasteiger partial charge in [-0.1, -0.05) is 59.6 Å². The number of carbonyl (C=O) groups is 1. The maximum absolute atomic E-state index is 16.5. The van der Waals surface area contributed by atoms with Crippen molar-refractivity contribution in [1.29, 1.82) is 0 Å². The largest absolute Gasteiger partial charge is 0.498 e. The smallest absolute Gasteiger partial charge is 0.444 e. The summed E-state index contributed by atoms with van der Waals surface area (Å²) in [5.74, 6) is 2.90. The summed E-state index contributed by atoms with van der Waals surface area (Å²) in [5.41, 5.74) is 4.03. The number of ether oxygens (including phenoxy) is 1. The van der Waals surface area contributed by atoms with Crippen molar-refractivity contribution in [2.45, 2.75) is 123 Å². The first-order valence-electron chi connectivity index (χ1n) is 14.4. The average Bonchev–Trinajstić information content (AvgIpc) is 2.99. The van der Waals surface area contributed by atoms with E-state index in [1.54, 1.807) is 26.8 Å². The highest BCUT2D eigenvalue weighted by atomic mass is 28.3. The van der Waals surface area contributed by atoms with Crippen LogP contribution in [0.15, 0.2) is 24.3 Å². The maximum atomic E-state index is 16.5. The first kappa shape index (κ1) is 32.2. The number of benzene rings is 2. The Kier molecular flexibility index (Phi) is 8.97. The molecule has 2 aromatic rings. The Morgan fingerprint density at radius 2 is 1.52 bits per heavy atom. The summed E-state index contributed by atoms with van der Waals surface area (Å²) in [6.07, 6.45) is -0.733. The van der Waals surface area contributed by atoms with E-state index in [4.69, 9.17) is 14.0 Å². The summed E-state index contributed by atoms with van der Waals surface area (Å²) in [5, 5.41) is 3.98. The molecule has 0 saturated carbocycles. The molecule has 0 unspecified atom stereocenters. The van der Waals surface area contributed by atoms with Crippen molar-refractivity contribution in [3.8, 4) is 11.5 Å². The van der Waals surface area contributed by atoms with E-state index in [-0.39, 0.29) is 11.2 Å². The Bertz CT molecular complexity index is 1300. The minimum atomic E-state index is -2.05. The van der Waals surface area contributed by atoms with Gasteiger partial charge in [-0.25, -0.2) is 9.18 Å². The molecule has 0 radical (unpaired) electrons. The second-order valence-corrected chi connectivity index (χ2v) is 19.5. The summed E-state index contributed by atoms with van der Waals surface area (Å²) >= 11 is 0. The first-order valence-corrected chi connectivity index (χ1v) is 16.6. The molecule has 1 aliphatic heterocycles. The van der Waals surface area contributed by atoms with Gasteiger partial charge in [-0.05, 0) is 82.6 Å². The van der Waals surface area contributed by atoms with E-state index >= 15 is 4.39 Å². The second-order valence-electron chi connectivity index (χ2n) is 13.9. The van der Waals surface area contributed by atoms with Crippen molar-refractivity contribution in [3.63, 3.8) is 0 Å².